The first kappa shape index (κ1) is 26.6. The van der Waals surface area contributed by atoms with Gasteiger partial charge in [-0.3, -0.25) is 9.52 Å². The van der Waals surface area contributed by atoms with E-state index < -0.39 is 10.0 Å². The SMILES string of the molecule is N#Cc1c(N)nc(SCCC(=O)Nc2ccc(S(=O)(=O)Nc3ccccn3)cc2)c(C#N)c1-c1ccsc1. The van der Waals surface area contributed by atoms with Crippen molar-refractivity contribution in [3.63, 3.8) is 0 Å². The number of nitrogen functional groups attached to an aromatic ring is 1. The largest absolute Gasteiger partial charge is 0.383 e. The summed E-state index contributed by atoms with van der Waals surface area (Å²) in [7, 11) is -3.83. The van der Waals surface area contributed by atoms with Gasteiger partial charge >= 0.3 is 0 Å². The molecule has 0 aliphatic heterocycles. The van der Waals surface area contributed by atoms with Crippen molar-refractivity contribution in [1.82, 2.24) is 9.97 Å². The highest BCUT2D eigenvalue weighted by Gasteiger charge is 2.21. The zero-order valence-electron chi connectivity index (χ0n) is 19.6. The number of rotatable bonds is 9. The molecule has 0 unspecified atom stereocenters. The average Bonchev–Trinajstić information content (AvgIpc) is 3.44. The molecule has 0 aliphatic rings. The Bertz CT molecular complexity index is 1640. The molecule has 13 heteroatoms. The van der Waals surface area contributed by atoms with Gasteiger partial charge in [0, 0.05) is 29.6 Å². The van der Waals surface area contributed by atoms with Crippen LogP contribution in [0, 0.1) is 22.7 Å². The molecule has 190 valence electrons. The summed E-state index contributed by atoms with van der Waals surface area (Å²) in [5, 5.41) is 26.1. The monoisotopic (exact) mass is 561 g/mol. The topological polar surface area (TPSA) is 175 Å². The molecule has 10 nitrogen and oxygen atoms in total. The van der Waals surface area contributed by atoms with Gasteiger partial charge in [-0.2, -0.15) is 21.9 Å². The highest BCUT2D eigenvalue weighted by Crippen LogP contribution is 2.36. The molecule has 1 amide bonds. The summed E-state index contributed by atoms with van der Waals surface area (Å²) in [6.07, 6.45) is 1.57. The van der Waals surface area contributed by atoms with E-state index in [1.54, 1.807) is 18.2 Å². The first-order valence-corrected chi connectivity index (χ1v) is 14.4. The lowest BCUT2D eigenvalue weighted by atomic mass is 9.99. The molecule has 4 N–H and O–H groups in total. The van der Waals surface area contributed by atoms with Gasteiger partial charge in [-0.05, 0) is 58.8 Å². The summed E-state index contributed by atoms with van der Waals surface area (Å²) in [5.74, 6) is 0.204. The van der Waals surface area contributed by atoms with Gasteiger partial charge in [-0.25, -0.2) is 18.4 Å². The summed E-state index contributed by atoms with van der Waals surface area (Å²) in [6, 6.07) is 16.6. The van der Waals surface area contributed by atoms with Gasteiger partial charge in [0.25, 0.3) is 10.0 Å². The van der Waals surface area contributed by atoms with E-state index in [0.717, 1.165) is 0 Å². The van der Waals surface area contributed by atoms with E-state index >= 15 is 0 Å². The third-order valence-corrected chi connectivity index (χ3v) is 8.18. The van der Waals surface area contributed by atoms with E-state index in [4.69, 9.17) is 5.73 Å². The van der Waals surface area contributed by atoms with E-state index in [1.807, 2.05) is 16.8 Å². The lowest BCUT2D eigenvalue weighted by molar-refractivity contribution is -0.115. The Kier molecular flexibility index (Phi) is 8.23. The van der Waals surface area contributed by atoms with Gasteiger partial charge in [0.2, 0.25) is 5.91 Å². The number of nitrogens with two attached hydrogens (primary N) is 1. The smallest absolute Gasteiger partial charge is 0.263 e. The van der Waals surface area contributed by atoms with Crippen LogP contribution in [0.4, 0.5) is 17.3 Å². The number of thiophene rings is 1. The van der Waals surface area contributed by atoms with Crippen molar-refractivity contribution in [2.24, 2.45) is 0 Å². The molecule has 3 aromatic heterocycles. The molecule has 0 spiro atoms. The highest BCUT2D eigenvalue weighted by molar-refractivity contribution is 7.99. The number of nitrogens with one attached hydrogen (secondary N) is 2. The number of amides is 1. The van der Waals surface area contributed by atoms with Crippen LogP contribution in [-0.4, -0.2) is 30.0 Å². The van der Waals surface area contributed by atoms with Crippen LogP contribution >= 0.6 is 23.1 Å². The van der Waals surface area contributed by atoms with Crippen LogP contribution in [0.15, 0.2) is 75.4 Å². The molecule has 0 saturated carbocycles. The molecule has 4 aromatic rings. The minimum atomic E-state index is -3.83. The number of hydrogen-bond donors (Lipinski definition) is 3. The van der Waals surface area contributed by atoms with E-state index in [2.05, 4.69) is 26.1 Å². The van der Waals surface area contributed by atoms with Crippen molar-refractivity contribution in [1.29, 1.82) is 10.5 Å². The second-order valence-corrected chi connectivity index (χ2v) is 11.2. The van der Waals surface area contributed by atoms with Crippen molar-refractivity contribution in [2.45, 2.75) is 16.3 Å². The third-order valence-electron chi connectivity index (χ3n) is 5.15. The summed E-state index contributed by atoms with van der Waals surface area (Å²) in [5.41, 5.74) is 7.94. The molecular formula is C25H19N7O3S3. The number of carbonyl (C=O) groups is 1. The molecule has 4 rings (SSSR count). The van der Waals surface area contributed by atoms with E-state index in [1.165, 1.54) is 59.6 Å². The Morgan fingerprint density at radius 2 is 1.84 bits per heavy atom. The summed E-state index contributed by atoms with van der Waals surface area (Å²) in [4.78, 5) is 20.7. The van der Waals surface area contributed by atoms with Crippen molar-refractivity contribution >= 4 is 56.4 Å². The van der Waals surface area contributed by atoms with Gasteiger partial charge in [-0.15, -0.1) is 11.8 Å². The zero-order chi connectivity index (χ0) is 27.1. The van der Waals surface area contributed by atoms with Crippen molar-refractivity contribution in [2.75, 3.05) is 21.5 Å². The minimum Gasteiger partial charge on any atom is -0.383 e. The quantitative estimate of drug-likeness (QED) is 0.249. The second kappa shape index (κ2) is 11.7. The highest BCUT2D eigenvalue weighted by atomic mass is 32.2. The lowest BCUT2D eigenvalue weighted by Crippen LogP contribution is -2.15. The molecule has 0 bridgehead atoms. The number of benzene rings is 1. The number of sulfonamides is 1. The van der Waals surface area contributed by atoms with Crippen LogP contribution < -0.4 is 15.8 Å². The van der Waals surface area contributed by atoms with E-state index in [9.17, 15) is 23.7 Å². The Morgan fingerprint density at radius 1 is 1.08 bits per heavy atom. The zero-order valence-corrected chi connectivity index (χ0v) is 22.0. The van der Waals surface area contributed by atoms with Crippen LogP contribution in [0.1, 0.15) is 17.5 Å². The van der Waals surface area contributed by atoms with Crippen LogP contribution in [0.25, 0.3) is 11.1 Å². The summed E-state index contributed by atoms with van der Waals surface area (Å²) in [6.45, 7) is 0. The third kappa shape index (κ3) is 6.10. The predicted octanol–water partition coefficient (Wildman–Crippen LogP) is 4.45. The van der Waals surface area contributed by atoms with Crippen LogP contribution in [0.5, 0.6) is 0 Å². The van der Waals surface area contributed by atoms with Gasteiger partial charge in [0.05, 0.1) is 10.5 Å². The summed E-state index contributed by atoms with van der Waals surface area (Å²) >= 11 is 2.62. The number of nitriles is 2. The van der Waals surface area contributed by atoms with Crippen LogP contribution in [-0.2, 0) is 14.8 Å². The maximum Gasteiger partial charge on any atom is 0.263 e. The van der Waals surface area contributed by atoms with Gasteiger partial charge in [-0.1, -0.05) is 6.07 Å². The molecule has 1 aromatic carbocycles. The fourth-order valence-electron chi connectivity index (χ4n) is 3.40. The molecule has 0 fully saturated rings. The van der Waals surface area contributed by atoms with Gasteiger partial charge < -0.3 is 11.1 Å². The first-order chi connectivity index (χ1) is 18.3. The maximum atomic E-state index is 12.5. The maximum absolute atomic E-state index is 12.5. The molecule has 3 heterocycles. The minimum absolute atomic E-state index is 0.0200. The van der Waals surface area contributed by atoms with Crippen molar-refractivity contribution in [3.05, 3.63) is 76.6 Å². The van der Waals surface area contributed by atoms with Crippen LogP contribution in [0.3, 0.4) is 0 Å². The second-order valence-electron chi connectivity index (χ2n) is 7.65. The molecule has 38 heavy (non-hydrogen) atoms. The average molecular weight is 562 g/mol. The van der Waals surface area contributed by atoms with Crippen LogP contribution in [0.2, 0.25) is 0 Å². The van der Waals surface area contributed by atoms with Crippen molar-refractivity contribution in [3.8, 4) is 23.3 Å². The number of hydrogen-bond acceptors (Lipinski definition) is 10. The lowest BCUT2D eigenvalue weighted by Gasteiger charge is -2.12. The Labute approximate surface area is 227 Å². The number of anilines is 3. The number of nitrogens with zero attached hydrogens (tertiary/aromatic N) is 4. The number of thioether (sulfide) groups is 1. The standard InChI is InChI=1S/C25H19N7O3S3/c26-13-19-23(16-8-11-36-15-16)20(14-27)25(31-24(19)28)37-12-9-22(33)30-17-4-6-18(7-5-17)38(34,35)32-21-3-1-2-10-29-21/h1-8,10-11,15H,9,12H2,(H2,28,31)(H,29,32)(H,30,33). The number of aromatic nitrogens is 2. The predicted molar refractivity (Wildman–Crippen MR) is 147 cm³/mol. The van der Waals surface area contributed by atoms with Gasteiger partial charge in [0.15, 0.2) is 0 Å². The fourth-order valence-corrected chi connectivity index (χ4v) is 5.99. The number of carbonyl (C=O) groups excluding carboxylic acids is 1. The fraction of sp³-hybridized carbons (Fsp3) is 0.0800. The summed E-state index contributed by atoms with van der Waals surface area (Å²) < 4.78 is 27.4. The molecule has 0 radical (unpaired) electrons. The van der Waals surface area contributed by atoms with Crippen molar-refractivity contribution < 1.29 is 13.2 Å². The number of pyridine rings is 2. The normalized spacial score (nSPS) is 10.8. The Hall–Kier alpha value is -4.43. The molecule has 0 saturated heterocycles. The van der Waals surface area contributed by atoms with Gasteiger partial charge in [0.1, 0.15) is 34.4 Å². The molecule has 0 atom stereocenters. The molecular weight excluding hydrogens is 543 g/mol. The van der Waals surface area contributed by atoms with E-state index in [-0.39, 0.29) is 40.0 Å². The first-order valence-electron chi connectivity index (χ1n) is 10.9. The Balaban J connectivity index is 1.39. The Morgan fingerprint density at radius 3 is 2.47 bits per heavy atom. The van der Waals surface area contributed by atoms with E-state index in [0.29, 0.717) is 27.6 Å². The molecule has 0 aliphatic carbocycles.